The molecule has 5 nitrogen and oxygen atoms in total. The van der Waals surface area contributed by atoms with Crippen molar-refractivity contribution in [2.75, 3.05) is 52.4 Å². The summed E-state index contributed by atoms with van der Waals surface area (Å²) in [5, 5.41) is 3.76. The fourth-order valence-electron chi connectivity index (χ4n) is 3.46. The molecule has 0 bridgehead atoms. The van der Waals surface area contributed by atoms with E-state index >= 15 is 0 Å². The van der Waals surface area contributed by atoms with Gasteiger partial charge in [-0.2, -0.15) is 0 Å². The van der Waals surface area contributed by atoms with Crippen LogP contribution in [0.2, 0.25) is 5.02 Å². The molecule has 0 aromatic heterocycles. The maximum Gasteiger partial charge on any atom is 0.234 e. The Morgan fingerprint density at radius 3 is 2.56 bits per heavy atom. The molecule has 2 saturated heterocycles. The van der Waals surface area contributed by atoms with Crippen molar-refractivity contribution in [1.29, 1.82) is 0 Å². The van der Waals surface area contributed by atoms with Crippen molar-refractivity contribution in [3.05, 3.63) is 34.9 Å². The van der Waals surface area contributed by atoms with Crippen LogP contribution in [0.1, 0.15) is 18.4 Å². The van der Waals surface area contributed by atoms with Crippen LogP contribution >= 0.6 is 11.6 Å². The van der Waals surface area contributed by atoms with Gasteiger partial charge in [-0.05, 0) is 37.0 Å². The molecule has 1 aromatic rings. The molecule has 0 saturated carbocycles. The van der Waals surface area contributed by atoms with E-state index in [2.05, 4.69) is 15.1 Å². The lowest BCUT2D eigenvalue weighted by molar-refractivity contribution is -0.122. The van der Waals surface area contributed by atoms with E-state index in [1.165, 1.54) is 18.4 Å². The molecule has 138 valence electrons. The fourth-order valence-corrected chi connectivity index (χ4v) is 3.59. The molecule has 2 heterocycles. The second-order valence-electron chi connectivity index (χ2n) is 6.94. The van der Waals surface area contributed by atoms with E-state index in [1.54, 1.807) is 0 Å². The molecule has 0 aliphatic carbocycles. The van der Waals surface area contributed by atoms with Gasteiger partial charge in [0.15, 0.2) is 0 Å². The summed E-state index contributed by atoms with van der Waals surface area (Å²) in [6, 6.07) is 7.77. The molecular weight excluding hydrogens is 338 g/mol. The monoisotopic (exact) mass is 365 g/mol. The number of rotatable bonds is 7. The van der Waals surface area contributed by atoms with E-state index in [0.717, 1.165) is 50.8 Å². The Labute approximate surface area is 155 Å². The maximum absolute atomic E-state index is 12.1. The molecule has 3 rings (SSSR count). The first-order valence-electron chi connectivity index (χ1n) is 9.26. The first-order chi connectivity index (χ1) is 12.2. The Morgan fingerprint density at radius 2 is 1.88 bits per heavy atom. The molecule has 1 atom stereocenters. The number of hydrogen-bond acceptors (Lipinski definition) is 4. The molecular formula is C19H28ClN3O2. The van der Waals surface area contributed by atoms with Crippen molar-refractivity contribution in [2.45, 2.75) is 25.4 Å². The van der Waals surface area contributed by atoms with E-state index in [-0.39, 0.29) is 5.91 Å². The van der Waals surface area contributed by atoms with Crippen molar-refractivity contribution in [1.82, 2.24) is 15.1 Å². The number of amides is 1. The Balaban J connectivity index is 1.29. The van der Waals surface area contributed by atoms with Crippen molar-refractivity contribution in [2.24, 2.45) is 0 Å². The summed E-state index contributed by atoms with van der Waals surface area (Å²) in [4.78, 5) is 16.8. The predicted octanol–water partition coefficient (Wildman–Crippen LogP) is 1.80. The predicted molar refractivity (Wildman–Crippen MR) is 100 cm³/mol. The van der Waals surface area contributed by atoms with Crippen LogP contribution in [0.15, 0.2) is 24.3 Å². The highest BCUT2D eigenvalue weighted by molar-refractivity contribution is 6.30. The molecule has 6 heteroatoms. The summed E-state index contributed by atoms with van der Waals surface area (Å²) in [6.07, 6.45) is 3.64. The highest BCUT2D eigenvalue weighted by atomic mass is 35.5. The number of ether oxygens (including phenoxy) is 1. The van der Waals surface area contributed by atoms with Crippen LogP contribution in [0.4, 0.5) is 0 Å². The highest BCUT2D eigenvalue weighted by Gasteiger charge is 2.23. The highest BCUT2D eigenvalue weighted by Crippen LogP contribution is 2.14. The number of carbonyl (C=O) groups is 1. The average Bonchev–Trinajstić information content (AvgIpc) is 3.11. The third-order valence-electron chi connectivity index (χ3n) is 4.97. The minimum absolute atomic E-state index is 0.113. The summed E-state index contributed by atoms with van der Waals surface area (Å²) in [6.45, 7) is 7.08. The number of halogens is 1. The van der Waals surface area contributed by atoms with Gasteiger partial charge in [-0.25, -0.2) is 0 Å². The van der Waals surface area contributed by atoms with Crippen LogP contribution in [0.3, 0.4) is 0 Å². The third kappa shape index (κ3) is 6.26. The Hall–Kier alpha value is -1.14. The molecule has 1 N–H and O–H groups in total. The lowest BCUT2D eigenvalue weighted by Crippen LogP contribution is -2.51. The van der Waals surface area contributed by atoms with Crippen molar-refractivity contribution >= 4 is 17.5 Å². The van der Waals surface area contributed by atoms with Gasteiger partial charge in [0.25, 0.3) is 0 Å². The molecule has 1 aromatic carbocycles. The second-order valence-corrected chi connectivity index (χ2v) is 7.37. The van der Waals surface area contributed by atoms with Gasteiger partial charge in [-0.3, -0.25) is 14.6 Å². The van der Waals surface area contributed by atoms with E-state index < -0.39 is 0 Å². The number of piperazine rings is 1. The van der Waals surface area contributed by atoms with Crippen LogP contribution in [-0.2, 0) is 16.0 Å². The van der Waals surface area contributed by atoms with Gasteiger partial charge in [0.2, 0.25) is 5.91 Å². The summed E-state index contributed by atoms with van der Waals surface area (Å²) in [7, 11) is 0. The molecule has 0 spiro atoms. The number of hydrogen-bond donors (Lipinski definition) is 1. The van der Waals surface area contributed by atoms with Crippen LogP contribution in [0.5, 0.6) is 0 Å². The number of benzene rings is 1. The van der Waals surface area contributed by atoms with E-state index in [1.807, 2.05) is 24.3 Å². The van der Waals surface area contributed by atoms with Crippen LogP contribution in [0, 0.1) is 0 Å². The Bertz CT molecular complexity index is 538. The van der Waals surface area contributed by atoms with Crippen LogP contribution in [-0.4, -0.2) is 74.2 Å². The number of nitrogens with one attached hydrogen (secondary N) is 1. The Kier molecular flexibility index (Phi) is 7.11. The first kappa shape index (κ1) is 18.6. The van der Waals surface area contributed by atoms with Crippen molar-refractivity contribution < 1.29 is 9.53 Å². The maximum atomic E-state index is 12.1. The van der Waals surface area contributed by atoms with Crippen LogP contribution < -0.4 is 5.32 Å². The van der Waals surface area contributed by atoms with Gasteiger partial charge in [0.05, 0.1) is 12.6 Å². The minimum Gasteiger partial charge on any atom is -0.377 e. The third-order valence-corrected chi connectivity index (χ3v) is 5.22. The molecule has 25 heavy (non-hydrogen) atoms. The molecule has 0 radical (unpaired) electrons. The number of carbonyl (C=O) groups excluding carboxylic acids is 1. The summed E-state index contributed by atoms with van der Waals surface area (Å²) >= 11 is 5.88. The van der Waals surface area contributed by atoms with Gasteiger partial charge in [-0.1, -0.05) is 23.7 Å². The quantitative estimate of drug-likeness (QED) is 0.800. The average molecular weight is 366 g/mol. The molecule has 2 aliphatic heterocycles. The second kappa shape index (κ2) is 9.53. The summed E-state index contributed by atoms with van der Waals surface area (Å²) in [5.74, 6) is 0.113. The van der Waals surface area contributed by atoms with Gasteiger partial charge < -0.3 is 10.1 Å². The summed E-state index contributed by atoms with van der Waals surface area (Å²) in [5.41, 5.74) is 1.19. The Morgan fingerprint density at radius 1 is 1.16 bits per heavy atom. The van der Waals surface area contributed by atoms with Gasteiger partial charge >= 0.3 is 0 Å². The zero-order chi connectivity index (χ0) is 17.5. The van der Waals surface area contributed by atoms with E-state index in [0.29, 0.717) is 19.2 Å². The topological polar surface area (TPSA) is 44.8 Å². The molecule has 2 aliphatic rings. The van der Waals surface area contributed by atoms with E-state index in [9.17, 15) is 4.79 Å². The van der Waals surface area contributed by atoms with Gasteiger partial charge in [0, 0.05) is 50.9 Å². The van der Waals surface area contributed by atoms with Crippen molar-refractivity contribution in [3.8, 4) is 0 Å². The minimum atomic E-state index is 0.113. The zero-order valence-corrected chi connectivity index (χ0v) is 15.5. The lowest BCUT2D eigenvalue weighted by Gasteiger charge is -2.35. The molecule has 1 amide bonds. The standard InChI is InChI=1S/C19H28ClN3O2/c20-17-5-3-16(4-6-17)7-8-21-19(24)15-23-11-9-22(10-12-23)14-18-2-1-13-25-18/h3-6,18H,1-2,7-15H2,(H,21,24). The SMILES string of the molecule is O=C(CN1CCN(CC2CCCO2)CC1)NCCc1ccc(Cl)cc1. The van der Waals surface area contributed by atoms with Gasteiger partial charge in [0.1, 0.15) is 0 Å². The fraction of sp³-hybridized carbons (Fsp3) is 0.632. The molecule has 2 fully saturated rings. The number of nitrogens with zero attached hydrogens (tertiary/aromatic N) is 2. The van der Waals surface area contributed by atoms with E-state index in [4.69, 9.17) is 16.3 Å². The lowest BCUT2D eigenvalue weighted by atomic mass is 10.1. The normalized spacial score (nSPS) is 22.2. The zero-order valence-electron chi connectivity index (χ0n) is 14.8. The smallest absolute Gasteiger partial charge is 0.234 e. The summed E-state index contributed by atoms with van der Waals surface area (Å²) < 4.78 is 5.71. The van der Waals surface area contributed by atoms with Crippen molar-refractivity contribution in [3.63, 3.8) is 0 Å². The molecule has 1 unspecified atom stereocenters. The van der Waals surface area contributed by atoms with Crippen LogP contribution in [0.25, 0.3) is 0 Å². The first-order valence-corrected chi connectivity index (χ1v) is 9.64. The largest absolute Gasteiger partial charge is 0.377 e. The van der Waals surface area contributed by atoms with Gasteiger partial charge in [-0.15, -0.1) is 0 Å².